The van der Waals surface area contributed by atoms with Gasteiger partial charge in [0.15, 0.2) is 11.5 Å². The summed E-state index contributed by atoms with van der Waals surface area (Å²) in [6, 6.07) is 6.74. The number of ether oxygens (including phenoxy) is 2. The van der Waals surface area contributed by atoms with Crippen molar-refractivity contribution in [1.82, 2.24) is 5.32 Å². The van der Waals surface area contributed by atoms with E-state index in [0.717, 1.165) is 17.0 Å². The van der Waals surface area contributed by atoms with E-state index in [1.165, 1.54) is 44.6 Å². The minimum Gasteiger partial charge on any atom is -0.493 e. The first-order valence-corrected chi connectivity index (χ1v) is 8.32. The Balaban J connectivity index is 2.05. The third-order valence-corrected chi connectivity index (χ3v) is 4.32. The number of carbonyl (C=O) groups is 3. The van der Waals surface area contributed by atoms with Crippen molar-refractivity contribution in [2.24, 2.45) is 0 Å². The van der Waals surface area contributed by atoms with E-state index in [4.69, 9.17) is 21.1 Å². The number of nitrogens with one attached hydrogen (secondary N) is 1. The third kappa shape index (κ3) is 3.54. The van der Waals surface area contributed by atoms with Gasteiger partial charge in [0.2, 0.25) is 0 Å². The minimum absolute atomic E-state index is 0.112. The van der Waals surface area contributed by atoms with E-state index < -0.39 is 23.7 Å². The minimum atomic E-state index is -0.933. The van der Waals surface area contributed by atoms with Crippen LogP contribution in [0.15, 0.2) is 42.0 Å². The summed E-state index contributed by atoms with van der Waals surface area (Å²) < 4.78 is 23.5. The second-order valence-electron chi connectivity index (χ2n) is 5.66. The molecule has 1 aliphatic heterocycles. The molecule has 3 rings (SSSR count). The van der Waals surface area contributed by atoms with Gasteiger partial charge in [-0.3, -0.25) is 14.9 Å². The van der Waals surface area contributed by atoms with E-state index in [1.807, 2.05) is 0 Å². The maximum atomic E-state index is 13.1. The molecule has 28 heavy (non-hydrogen) atoms. The van der Waals surface area contributed by atoms with Crippen LogP contribution in [-0.2, 0) is 9.59 Å². The van der Waals surface area contributed by atoms with E-state index in [1.54, 1.807) is 0 Å². The Morgan fingerprint density at radius 1 is 1.04 bits per heavy atom. The first-order valence-electron chi connectivity index (χ1n) is 7.94. The summed E-state index contributed by atoms with van der Waals surface area (Å²) in [7, 11) is 2.87. The van der Waals surface area contributed by atoms with Gasteiger partial charge in [-0.15, -0.1) is 0 Å². The van der Waals surface area contributed by atoms with Crippen LogP contribution in [0.25, 0.3) is 6.08 Å². The number of anilines is 1. The molecule has 7 nitrogen and oxygen atoms in total. The van der Waals surface area contributed by atoms with Crippen LogP contribution in [-0.4, -0.2) is 32.1 Å². The highest BCUT2D eigenvalue weighted by atomic mass is 35.5. The Kier molecular flexibility index (Phi) is 5.32. The number of rotatable bonds is 4. The van der Waals surface area contributed by atoms with Crippen molar-refractivity contribution < 1.29 is 28.2 Å². The summed E-state index contributed by atoms with van der Waals surface area (Å²) in [5, 5.41) is 2.28. The van der Waals surface area contributed by atoms with Crippen LogP contribution in [0.2, 0.25) is 5.02 Å². The number of hydrogen-bond acceptors (Lipinski definition) is 5. The van der Waals surface area contributed by atoms with Gasteiger partial charge < -0.3 is 9.47 Å². The number of methoxy groups -OCH3 is 2. The number of amides is 4. The molecule has 1 saturated heterocycles. The van der Waals surface area contributed by atoms with Crippen LogP contribution >= 0.6 is 11.6 Å². The number of barbiturate groups is 1. The monoisotopic (exact) mass is 404 g/mol. The lowest BCUT2D eigenvalue weighted by Gasteiger charge is -2.26. The number of imide groups is 2. The van der Waals surface area contributed by atoms with Crippen LogP contribution < -0.4 is 19.7 Å². The number of benzene rings is 2. The Morgan fingerprint density at radius 3 is 2.25 bits per heavy atom. The molecule has 144 valence electrons. The molecule has 2 aromatic carbocycles. The molecule has 0 aliphatic carbocycles. The molecular formula is C19H14ClFN2O5. The molecule has 0 atom stereocenters. The summed E-state index contributed by atoms with van der Waals surface area (Å²) in [6.07, 6.45) is 1.24. The molecule has 4 amide bonds. The SMILES string of the molecule is COc1cc(Cl)c(/C=C2\C(=O)NC(=O)N(c3ccc(F)cc3)C2=O)cc1OC. The summed E-state index contributed by atoms with van der Waals surface area (Å²) >= 11 is 6.21. The zero-order chi connectivity index (χ0) is 20.4. The average Bonchev–Trinajstić information content (AvgIpc) is 2.67. The van der Waals surface area contributed by atoms with Gasteiger partial charge in [0.1, 0.15) is 11.4 Å². The van der Waals surface area contributed by atoms with Gasteiger partial charge in [0, 0.05) is 6.07 Å². The third-order valence-electron chi connectivity index (χ3n) is 3.99. The Bertz CT molecular complexity index is 1000. The maximum Gasteiger partial charge on any atom is 0.335 e. The first kappa shape index (κ1) is 19.4. The molecule has 0 aromatic heterocycles. The lowest BCUT2D eigenvalue weighted by atomic mass is 10.1. The molecule has 0 saturated carbocycles. The Morgan fingerprint density at radius 2 is 1.64 bits per heavy atom. The smallest absolute Gasteiger partial charge is 0.335 e. The van der Waals surface area contributed by atoms with Gasteiger partial charge in [0.25, 0.3) is 11.8 Å². The van der Waals surface area contributed by atoms with Gasteiger partial charge in [-0.2, -0.15) is 0 Å². The van der Waals surface area contributed by atoms with Crippen molar-refractivity contribution in [3.63, 3.8) is 0 Å². The van der Waals surface area contributed by atoms with Gasteiger partial charge >= 0.3 is 6.03 Å². The normalized spacial score (nSPS) is 15.6. The zero-order valence-electron chi connectivity index (χ0n) is 14.8. The first-order chi connectivity index (χ1) is 13.3. The number of hydrogen-bond donors (Lipinski definition) is 1. The molecule has 1 heterocycles. The summed E-state index contributed by atoms with van der Waals surface area (Å²) in [6.45, 7) is 0. The fraction of sp³-hybridized carbons (Fsp3) is 0.105. The van der Waals surface area contributed by atoms with Crippen LogP contribution in [0, 0.1) is 5.82 Å². The highest BCUT2D eigenvalue weighted by molar-refractivity contribution is 6.40. The second kappa shape index (κ2) is 7.69. The van der Waals surface area contributed by atoms with Crippen molar-refractivity contribution in [2.45, 2.75) is 0 Å². The summed E-state index contributed by atoms with van der Waals surface area (Å²) in [4.78, 5) is 37.9. The summed E-state index contributed by atoms with van der Waals surface area (Å²) in [5.74, 6) is -1.56. The quantitative estimate of drug-likeness (QED) is 0.625. The zero-order valence-corrected chi connectivity index (χ0v) is 15.5. The van der Waals surface area contributed by atoms with E-state index in [-0.39, 0.29) is 16.3 Å². The van der Waals surface area contributed by atoms with Crippen LogP contribution in [0.5, 0.6) is 11.5 Å². The predicted molar refractivity (Wildman–Crippen MR) is 100.0 cm³/mol. The van der Waals surface area contributed by atoms with Crippen molar-refractivity contribution in [3.05, 3.63) is 58.4 Å². The molecule has 2 aromatic rings. The van der Waals surface area contributed by atoms with Gasteiger partial charge in [-0.1, -0.05) is 11.6 Å². The number of halogens is 2. The van der Waals surface area contributed by atoms with E-state index in [2.05, 4.69) is 5.32 Å². The van der Waals surface area contributed by atoms with Crippen LogP contribution in [0.3, 0.4) is 0 Å². The molecule has 0 unspecified atom stereocenters. The number of nitrogens with zero attached hydrogens (tertiary/aromatic N) is 1. The molecule has 0 bridgehead atoms. The van der Waals surface area contributed by atoms with Gasteiger partial charge in [-0.25, -0.2) is 14.1 Å². The Labute approximate surface area is 164 Å². The lowest BCUT2D eigenvalue weighted by molar-refractivity contribution is -0.122. The van der Waals surface area contributed by atoms with Gasteiger partial charge in [-0.05, 0) is 42.0 Å². The molecular weight excluding hydrogens is 391 g/mol. The van der Waals surface area contributed by atoms with Crippen molar-refractivity contribution >= 4 is 41.2 Å². The van der Waals surface area contributed by atoms with Crippen molar-refractivity contribution in [1.29, 1.82) is 0 Å². The van der Waals surface area contributed by atoms with Crippen molar-refractivity contribution in [2.75, 3.05) is 19.1 Å². The van der Waals surface area contributed by atoms with E-state index >= 15 is 0 Å². The fourth-order valence-corrected chi connectivity index (χ4v) is 2.83. The average molecular weight is 405 g/mol. The molecule has 0 spiro atoms. The molecule has 9 heteroatoms. The molecule has 1 fully saturated rings. The highest BCUT2D eigenvalue weighted by Gasteiger charge is 2.37. The standard InChI is InChI=1S/C19H14ClFN2O5/c1-27-15-8-10(14(20)9-16(15)28-2)7-13-17(24)22-19(26)23(18(13)25)12-5-3-11(21)4-6-12/h3-9H,1-2H3,(H,22,24,26)/b13-7+. The molecule has 1 aliphatic rings. The van der Waals surface area contributed by atoms with E-state index in [9.17, 15) is 18.8 Å². The van der Waals surface area contributed by atoms with Crippen molar-refractivity contribution in [3.8, 4) is 11.5 Å². The fourth-order valence-electron chi connectivity index (χ4n) is 2.62. The lowest BCUT2D eigenvalue weighted by Crippen LogP contribution is -2.54. The predicted octanol–water partition coefficient (Wildman–Crippen LogP) is 3.16. The van der Waals surface area contributed by atoms with E-state index in [0.29, 0.717) is 17.1 Å². The second-order valence-corrected chi connectivity index (χ2v) is 6.07. The topological polar surface area (TPSA) is 84.9 Å². The van der Waals surface area contributed by atoms with Crippen LogP contribution in [0.1, 0.15) is 5.56 Å². The maximum absolute atomic E-state index is 13.1. The number of urea groups is 1. The van der Waals surface area contributed by atoms with Crippen LogP contribution in [0.4, 0.5) is 14.9 Å². The highest BCUT2D eigenvalue weighted by Crippen LogP contribution is 2.34. The van der Waals surface area contributed by atoms with Gasteiger partial charge in [0.05, 0.1) is 24.9 Å². The summed E-state index contributed by atoms with van der Waals surface area (Å²) in [5.41, 5.74) is 0.102. The number of carbonyl (C=O) groups excluding carboxylic acids is 3. The molecule has 0 radical (unpaired) electrons. The Hall–Kier alpha value is -3.39. The largest absolute Gasteiger partial charge is 0.493 e. The molecule has 1 N–H and O–H groups in total.